The molecule has 0 spiro atoms. The van der Waals surface area contributed by atoms with Crippen molar-refractivity contribution >= 4 is 43.4 Å². The van der Waals surface area contributed by atoms with Crippen molar-refractivity contribution in [3.8, 4) is 0 Å². The number of halogens is 1. The number of hydrogen-bond acceptors (Lipinski definition) is 4. The van der Waals surface area contributed by atoms with Crippen molar-refractivity contribution in [1.82, 2.24) is 4.72 Å². The van der Waals surface area contributed by atoms with E-state index in [1.54, 1.807) is 12.1 Å². The normalized spacial score (nSPS) is 11.5. The quantitative estimate of drug-likeness (QED) is 0.808. The SMILES string of the molecule is CNS(=O)(=O)c1ccc(Sc2ccccc2Br)c(N)c1. The van der Waals surface area contributed by atoms with Crippen LogP contribution in [0.5, 0.6) is 0 Å². The Labute approximate surface area is 130 Å². The number of benzene rings is 2. The van der Waals surface area contributed by atoms with Gasteiger partial charge in [0.25, 0.3) is 0 Å². The van der Waals surface area contributed by atoms with E-state index >= 15 is 0 Å². The van der Waals surface area contributed by atoms with Gasteiger partial charge in [-0.1, -0.05) is 23.9 Å². The predicted octanol–water partition coefficient (Wildman–Crippen LogP) is 3.09. The van der Waals surface area contributed by atoms with Crippen LogP contribution in [-0.4, -0.2) is 15.5 Å². The van der Waals surface area contributed by atoms with Crippen LogP contribution in [0.2, 0.25) is 0 Å². The first-order chi connectivity index (χ1) is 9.44. The van der Waals surface area contributed by atoms with Gasteiger partial charge in [-0.3, -0.25) is 0 Å². The lowest BCUT2D eigenvalue weighted by Gasteiger charge is -2.09. The van der Waals surface area contributed by atoms with Gasteiger partial charge in [0.05, 0.1) is 4.90 Å². The first-order valence-corrected chi connectivity index (χ1v) is 8.79. The van der Waals surface area contributed by atoms with Gasteiger partial charge < -0.3 is 5.73 Å². The van der Waals surface area contributed by atoms with Crippen LogP contribution < -0.4 is 10.5 Å². The van der Waals surface area contributed by atoms with E-state index in [9.17, 15) is 8.42 Å². The van der Waals surface area contributed by atoms with E-state index in [1.165, 1.54) is 24.9 Å². The van der Waals surface area contributed by atoms with Gasteiger partial charge in [0.2, 0.25) is 10.0 Å². The van der Waals surface area contributed by atoms with Crippen molar-refractivity contribution in [3.05, 3.63) is 46.9 Å². The zero-order valence-electron chi connectivity index (χ0n) is 10.6. The maximum atomic E-state index is 11.7. The molecule has 0 bridgehead atoms. The van der Waals surface area contributed by atoms with Crippen molar-refractivity contribution in [2.75, 3.05) is 12.8 Å². The molecular formula is C13H13BrN2O2S2. The molecule has 0 aliphatic rings. The summed E-state index contributed by atoms with van der Waals surface area (Å²) in [6, 6.07) is 12.5. The molecule has 3 N–H and O–H groups in total. The third-order valence-corrected chi connectivity index (χ3v) is 6.15. The molecule has 0 aliphatic heterocycles. The number of sulfonamides is 1. The maximum Gasteiger partial charge on any atom is 0.240 e. The number of rotatable bonds is 4. The highest BCUT2D eigenvalue weighted by Crippen LogP contribution is 2.36. The minimum absolute atomic E-state index is 0.161. The Morgan fingerprint density at radius 2 is 1.85 bits per heavy atom. The molecule has 0 atom stereocenters. The van der Waals surface area contributed by atoms with E-state index in [0.717, 1.165) is 14.3 Å². The Morgan fingerprint density at radius 3 is 2.45 bits per heavy atom. The minimum atomic E-state index is -3.47. The number of nitrogen functional groups attached to an aromatic ring is 1. The van der Waals surface area contributed by atoms with Crippen LogP contribution in [0.15, 0.2) is 61.6 Å². The van der Waals surface area contributed by atoms with Crippen molar-refractivity contribution in [2.24, 2.45) is 0 Å². The van der Waals surface area contributed by atoms with Crippen LogP contribution in [0, 0.1) is 0 Å². The molecule has 0 amide bonds. The van der Waals surface area contributed by atoms with Crippen LogP contribution in [0.4, 0.5) is 5.69 Å². The largest absolute Gasteiger partial charge is 0.398 e. The molecule has 0 unspecified atom stereocenters. The fourth-order valence-corrected chi connectivity index (χ4v) is 3.70. The second-order valence-electron chi connectivity index (χ2n) is 3.94. The zero-order valence-corrected chi connectivity index (χ0v) is 13.8. The molecule has 7 heteroatoms. The van der Waals surface area contributed by atoms with Crippen LogP contribution >= 0.6 is 27.7 Å². The molecule has 0 aromatic heterocycles. The third-order valence-electron chi connectivity index (χ3n) is 2.62. The van der Waals surface area contributed by atoms with Crippen molar-refractivity contribution in [2.45, 2.75) is 14.7 Å². The van der Waals surface area contributed by atoms with Gasteiger partial charge in [-0.15, -0.1) is 0 Å². The summed E-state index contributed by atoms with van der Waals surface area (Å²) in [7, 11) is -2.10. The first-order valence-electron chi connectivity index (χ1n) is 5.69. The van der Waals surface area contributed by atoms with Gasteiger partial charge in [-0.25, -0.2) is 13.1 Å². The lowest BCUT2D eigenvalue weighted by molar-refractivity contribution is 0.588. The summed E-state index contributed by atoms with van der Waals surface area (Å²) < 4.78 is 26.6. The lowest BCUT2D eigenvalue weighted by atomic mass is 10.3. The molecule has 0 fully saturated rings. The van der Waals surface area contributed by atoms with E-state index in [-0.39, 0.29) is 4.90 Å². The van der Waals surface area contributed by atoms with Gasteiger partial charge in [0.15, 0.2) is 0 Å². The molecule has 2 aromatic carbocycles. The van der Waals surface area contributed by atoms with Crippen LogP contribution in [-0.2, 0) is 10.0 Å². The molecule has 0 saturated carbocycles. The molecule has 2 aromatic rings. The summed E-state index contributed by atoms with van der Waals surface area (Å²) in [6.45, 7) is 0. The number of nitrogens with two attached hydrogens (primary N) is 1. The van der Waals surface area contributed by atoms with Gasteiger partial charge in [0, 0.05) is 20.0 Å². The molecule has 0 heterocycles. The molecule has 4 nitrogen and oxygen atoms in total. The lowest BCUT2D eigenvalue weighted by Crippen LogP contribution is -2.18. The maximum absolute atomic E-state index is 11.7. The summed E-state index contributed by atoms with van der Waals surface area (Å²) >= 11 is 4.95. The molecule has 2 rings (SSSR count). The second-order valence-corrected chi connectivity index (χ2v) is 7.76. The monoisotopic (exact) mass is 372 g/mol. The zero-order chi connectivity index (χ0) is 14.8. The third kappa shape index (κ3) is 3.35. The molecule has 0 saturated heterocycles. The van der Waals surface area contributed by atoms with E-state index in [4.69, 9.17) is 5.73 Å². The first kappa shape index (κ1) is 15.4. The van der Waals surface area contributed by atoms with Gasteiger partial charge in [-0.05, 0) is 53.3 Å². The average Bonchev–Trinajstić information content (AvgIpc) is 2.43. The Balaban J connectivity index is 2.34. The molecular weight excluding hydrogens is 360 g/mol. The Morgan fingerprint density at radius 1 is 1.15 bits per heavy atom. The standard InChI is InChI=1S/C13H13BrN2O2S2/c1-16-20(17,18)9-6-7-13(11(15)8-9)19-12-5-3-2-4-10(12)14/h2-8,16H,15H2,1H3. The summed E-state index contributed by atoms with van der Waals surface area (Å²) in [6.07, 6.45) is 0. The predicted molar refractivity (Wildman–Crippen MR) is 85.4 cm³/mol. The number of nitrogens with one attached hydrogen (secondary N) is 1. The van der Waals surface area contributed by atoms with E-state index in [0.29, 0.717) is 5.69 Å². The highest BCUT2D eigenvalue weighted by molar-refractivity contribution is 9.10. The van der Waals surface area contributed by atoms with Crippen LogP contribution in [0.25, 0.3) is 0 Å². The summed E-state index contributed by atoms with van der Waals surface area (Å²) in [5.41, 5.74) is 6.37. The number of anilines is 1. The van der Waals surface area contributed by atoms with Gasteiger partial charge in [-0.2, -0.15) is 0 Å². The summed E-state index contributed by atoms with van der Waals surface area (Å²) in [5.74, 6) is 0. The molecule has 106 valence electrons. The van der Waals surface area contributed by atoms with Crippen LogP contribution in [0.1, 0.15) is 0 Å². The summed E-state index contributed by atoms with van der Waals surface area (Å²) in [4.78, 5) is 1.99. The topological polar surface area (TPSA) is 72.2 Å². The van der Waals surface area contributed by atoms with E-state index in [2.05, 4.69) is 20.7 Å². The fraction of sp³-hybridized carbons (Fsp3) is 0.0769. The minimum Gasteiger partial charge on any atom is -0.398 e. The Hall–Kier alpha value is -1.02. The van der Waals surface area contributed by atoms with Crippen molar-refractivity contribution in [1.29, 1.82) is 0 Å². The van der Waals surface area contributed by atoms with Gasteiger partial charge in [0.1, 0.15) is 0 Å². The summed E-state index contributed by atoms with van der Waals surface area (Å²) in [5, 5.41) is 0. The highest BCUT2D eigenvalue weighted by Gasteiger charge is 2.13. The number of hydrogen-bond donors (Lipinski definition) is 2. The Kier molecular flexibility index (Phi) is 4.74. The van der Waals surface area contributed by atoms with Crippen molar-refractivity contribution in [3.63, 3.8) is 0 Å². The molecule has 0 radical (unpaired) electrons. The van der Waals surface area contributed by atoms with E-state index < -0.39 is 10.0 Å². The smallest absolute Gasteiger partial charge is 0.240 e. The average molecular weight is 373 g/mol. The fourth-order valence-electron chi connectivity index (χ4n) is 1.55. The van der Waals surface area contributed by atoms with E-state index in [1.807, 2.05) is 24.3 Å². The van der Waals surface area contributed by atoms with Gasteiger partial charge >= 0.3 is 0 Å². The second kappa shape index (κ2) is 6.17. The van der Waals surface area contributed by atoms with Crippen LogP contribution in [0.3, 0.4) is 0 Å². The van der Waals surface area contributed by atoms with Crippen molar-refractivity contribution < 1.29 is 8.42 Å². The highest BCUT2D eigenvalue weighted by atomic mass is 79.9. The Bertz CT molecular complexity index is 733. The molecule has 20 heavy (non-hydrogen) atoms. The molecule has 0 aliphatic carbocycles.